The number of nitrogen functional groups attached to an aromatic ring is 1. The number of aromatic nitrogens is 2. The molecule has 1 fully saturated rings. The van der Waals surface area contributed by atoms with Gasteiger partial charge < -0.3 is 15.6 Å². The van der Waals surface area contributed by atoms with Crippen molar-refractivity contribution < 1.29 is 4.79 Å². The lowest BCUT2D eigenvalue weighted by Gasteiger charge is -2.34. The number of hydrogen-bond acceptors (Lipinski definition) is 6. The Morgan fingerprint density at radius 1 is 1.45 bits per heavy atom. The van der Waals surface area contributed by atoms with Crippen molar-refractivity contribution in [1.29, 1.82) is 0 Å². The Morgan fingerprint density at radius 2 is 2.15 bits per heavy atom. The van der Waals surface area contributed by atoms with Crippen LogP contribution in [0.1, 0.15) is 32.3 Å². The number of anilines is 2. The first kappa shape index (κ1) is 14.5. The monoisotopic (exact) mass is 278 g/mol. The van der Waals surface area contributed by atoms with Crippen LogP contribution in [0.3, 0.4) is 0 Å². The fourth-order valence-electron chi connectivity index (χ4n) is 2.65. The number of carbonyl (C=O) groups excluding carboxylic acids is 1. The third-order valence-electron chi connectivity index (χ3n) is 3.61. The van der Waals surface area contributed by atoms with Crippen molar-refractivity contribution in [1.82, 2.24) is 15.3 Å². The number of carbonyl (C=O) groups is 1. The standard InChI is InChI=1S/C13H22N6O/c1-3-11-12(18-14)15-8-16-13(11)19-6-4-10(5-7-19)17-9(2)20/h8,10H,3-7,14H2,1-2H3,(H,17,20)(H,15,16,18). The van der Waals surface area contributed by atoms with E-state index >= 15 is 0 Å². The van der Waals surface area contributed by atoms with Crippen LogP contribution < -0.4 is 21.5 Å². The Labute approximate surface area is 118 Å². The van der Waals surface area contributed by atoms with Crippen LogP contribution in [0.2, 0.25) is 0 Å². The molecule has 0 bridgehead atoms. The molecule has 1 aromatic rings. The molecular weight excluding hydrogens is 256 g/mol. The van der Waals surface area contributed by atoms with Gasteiger partial charge >= 0.3 is 0 Å². The molecule has 2 heterocycles. The molecule has 0 saturated carbocycles. The minimum absolute atomic E-state index is 0.0364. The second-order valence-corrected chi connectivity index (χ2v) is 4.98. The summed E-state index contributed by atoms with van der Waals surface area (Å²) < 4.78 is 0. The van der Waals surface area contributed by atoms with Gasteiger partial charge in [0.15, 0.2) is 0 Å². The summed E-state index contributed by atoms with van der Waals surface area (Å²) in [5.41, 5.74) is 3.66. The molecule has 0 aliphatic carbocycles. The van der Waals surface area contributed by atoms with Crippen LogP contribution in [0.5, 0.6) is 0 Å². The van der Waals surface area contributed by atoms with Gasteiger partial charge in [0.2, 0.25) is 5.91 Å². The molecule has 0 unspecified atom stereocenters. The van der Waals surface area contributed by atoms with Crippen molar-refractivity contribution in [2.45, 2.75) is 39.2 Å². The van der Waals surface area contributed by atoms with E-state index in [0.717, 1.165) is 43.7 Å². The molecule has 1 amide bonds. The Kier molecular flexibility index (Phi) is 4.73. The highest BCUT2D eigenvalue weighted by atomic mass is 16.1. The Hall–Kier alpha value is -1.89. The number of hydrazine groups is 1. The number of nitrogens with two attached hydrogens (primary N) is 1. The maximum Gasteiger partial charge on any atom is 0.217 e. The predicted octanol–water partition coefficient (Wildman–Crippen LogP) is 0.429. The Balaban J connectivity index is 2.09. The minimum atomic E-state index is 0.0364. The average molecular weight is 278 g/mol. The molecule has 7 heteroatoms. The molecule has 0 radical (unpaired) electrons. The minimum Gasteiger partial charge on any atom is -0.356 e. The molecule has 7 nitrogen and oxygen atoms in total. The van der Waals surface area contributed by atoms with Crippen LogP contribution in [-0.2, 0) is 11.2 Å². The van der Waals surface area contributed by atoms with Gasteiger partial charge in [-0.1, -0.05) is 6.92 Å². The van der Waals surface area contributed by atoms with Crippen molar-refractivity contribution in [2.24, 2.45) is 5.84 Å². The molecule has 20 heavy (non-hydrogen) atoms. The molecule has 110 valence electrons. The van der Waals surface area contributed by atoms with Gasteiger partial charge in [-0.05, 0) is 19.3 Å². The third kappa shape index (κ3) is 3.16. The summed E-state index contributed by atoms with van der Waals surface area (Å²) >= 11 is 0. The SMILES string of the molecule is CCc1c(NN)ncnc1N1CCC(NC(C)=O)CC1. The summed E-state index contributed by atoms with van der Waals surface area (Å²) in [5, 5.41) is 2.97. The maximum absolute atomic E-state index is 11.1. The van der Waals surface area contributed by atoms with E-state index < -0.39 is 0 Å². The van der Waals surface area contributed by atoms with E-state index in [1.807, 2.05) is 0 Å². The third-order valence-corrected chi connectivity index (χ3v) is 3.61. The molecule has 2 rings (SSSR count). The molecule has 0 aromatic carbocycles. The Bertz CT molecular complexity index is 470. The fourth-order valence-corrected chi connectivity index (χ4v) is 2.65. The van der Waals surface area contributed by atoms with Gasteiger partial charge in [0, 0.05) is 31.6 Å². The highest BCUT2D eigenvalue weighted by molar-refractivity contribution is 5.73. The highest BCUT2D eigenvalue weighted by Crippen LogP contribution is 2.26. The number of hydrogen-bond donors (Lipinski definition) is 3. The average Bonchev–Trinajstić information content (AvgIpc) is 2.46. The van der Waals surface area contributed by atoms with E-state index in [4.69, 9.17) is 5.84 Å². The van der Waals surface area contributed by atoms with Crippen molar-refractivity contribution in [2.75, 3.05) is 23.4 Å². The number of nitrogens with one attached hydrogen (secondary N) is 2. The van der Waals surface area contributed by atoms with Crippen molar-refractivity contribution in [3.8, 4) is 0 Å². The summed E-state index contributed by atoms with van der Waals surface area (Å²) in [6, 6.07) is 0.266. The zero-order valence-electron chi connectivity index (χ0n) is 12.0. The Morgan fingerprint density at radius 3 is 2.70 bits per heavy atom. The summed E-state index contributed by atoms with van der Waals surface area (Å²) in [6.45, 7) is 5.37. The maximum atomic E-state index is 11.1. The lowest BCUT2D eigenvalue weighted by Crippen LogP contribution is -2.44. The molecule has 4 N–H and O–H groups in total. The van der Waals surface area contributed by atoms with Gasteiger partial charge in [-0.25, -0.2) is 15.8 Å². The van der Waals surface area contributed by atoms with Gasteiger partial charge in [0.1, 0.15) is 18.0 Å². The first-order valence-electron chi connectivity index (χ1n) is 6.98. The number of amides is 1. The molecule has 1 saturated heterocycles. The van der Waals surface area contributed by atoms with E-state index in [2.05, 4.69) is 32.5 Å². The van der Waals surface area contributed by atoms with Crippen LogP contribution in [0, 0.1) is 0 Å². The van der Waals surface area contributed by atoms with Gasteiger partial charge in [-0.2, -0.15) is 0 Å². The van der Waals surface area contributed by atoms with Gasteiger partial charge in [-0.15, -0.1) is 0 Å². The second kappa shape index (κ2) is 6.51. The van der Waals surface area contributed by atoms with Crippen molar-refractivity contribution in [3.63, 3.8) is 0 Å². The van der Waals surface area contributed by atoms with Gasteiger partial charge in [0.25, 0.3) is 0 Å². The smallest absolute Gasteiger partial charge is 0.217 e. The normalized spacial score (nSPS) is 16.1. The summed E-state index contributed by atoms with van der Waals surface area (Å²) in [5.74, 6) is 7.16. The molecule has 0 atom stereocenters. The predicted molar refractivity (Wildman–Crippen MR) is 78.3 cm³/mol. The van der Waals surface area contributed by atoms with Crippen LogP contribution in [0.15, 0.2) is 6.33 Å². The lowest BCUT2D eigenvalue weighted by atomic mass is 10.0. The highest BCUT2D eigenvalue weighted by Gasteiger charge is 2.23. The van der Waals surface area contributed by atoms with Crippen molar-refractivity contribution in [3.05, 3.63) is 11.9 Å². The summed E-state index contributed by atoms with van der Waals surface area (Å²) in [6.07, 6.45) is 4.21. The quantitative estimate of drug-likeness (QED) is 0.546. The van der Waals surface area contributed by atoms with Crippen molar-refractivity contribution >= 4 is 17.5 Å². The van der Waals surface area contributed by atoms with Crippen LogP contribution in [0.25, 0.3) is 0 Å². The van der Waals surface area contributed by atoms with Crippen LogP contribution >= 0.6 is 0 Å². The van der Waals surface area contributed by atoms with Gasteiger partial charge in [0.05, 0.1) is 0 Å². The summed E-state index contributed by atoms with van der Waals surface area (Å²) in [7, 11) is 0. The fraction of sp³-hybridized carbons (Fsp3) is 0.615. The van der Waals surface area contributed by atoms with E-state index in [1.165, 1.54) is 6.33 Å². The zero-order chi connectivity index (χ0) is 14.5. The number of nitrogens with zero attached hydrogens (tertiary/aromatic N) is 3. The van der Waals surface area contributed by atoms with Crippen LogP contribution in [0.4, 0.5) is 11.6 Å². The van der Waals surface area contributed by atoms with Gasteiger partial charge in [-0.3, -0.25) is 4.79 Å². The first-order chi connectivity index (χ1) is 9.65. The molecule has 1 aliphatic rings. The molecule has 0 spiro atoms. The summed E-state index contributed by atoms with van der Waals surface area (Å²) in [4.78, 5) is 21.9. The topological polar surface area (TPSA) is 96.2 Å². The lowest BCUT2D eigenvalue weighted by molar-refractivity contribution is -0.119. The van der Waals surface area contributed by atoms with E-state index in [1.54, 1.807) is 6.92 Å². The van der Waals surface area contributed by atoms with Crippen LogP contribution in [-0.4, -0.2) is 35.0 Å². The molecule has 1 aliphatic heterocycles. The first-order valence-corrected chi connectivity index (χ1v) is 6.98. The number of rotatable bonds is 4. The van der Waals surface area contributed by atoms with E-state index in [9.17, 15) is 4.79 Å². The van der Waals surface area contributed by atoms with E-state index in [-0.39, 0.29) is 11.9 Å². The molecular formula is C13H22N6O. The second-order valence-electron chi connectivity index (χ2n) is 4.98. The molecule has 1 aromatic heterocycles. The number of piperidine rings is 1. The largest absolute Gasteiger partial charge is 0.356 e. The van der Waals surface area contributed by atoms with E-state index in [0.29, 0.717) is 5.82 Å². The zero-order valence-corrected chi connectivity index (χ0v) is 12.0.